The van der Waals surface area contributed by atoms with E-state index in [9.17, 15) is 5.11 Å². The number of nitrogens with one attached hydrogen (secondary N) is 1. The summed E-state index contributed by atoms with van der Waals surface area (Å²) >= 11 is 0. The summed E-state index contributed by atoms with van der Waals surface area (Å²) in [4.78, 5) is 0. The first kappa shape index (κ1) is 9.69. The molecular formula is C12H17NO. The lowest BCUT2D eigenvalue weighted by atomic mass is 9.82. The first-order valence-electron chi connectivity index (χ1n) is 5.28. The molecule has 76 valence electrons. The van der Waals surface area contributed by atoms with Crippen LogP contribution in [0.3, 0.4) is 0 Å². The minimum Gasteiger partial charge on any atom is -0.396 e. The van der Waals surface area contributed by atoms with Gasteiger partial charge in [-0.05, 0) is 24.4 Å². The van der Waals surface area contributed by atoms with E-state index in [0.717, 1.165) is 19.5 Å². The van der Waals surface area contributed by atoms with Crippen molar-refractivity contribution in [2.24, 2.45) is 5.92 Å². The van der Waals surface area contributed by atoms with Gasteiger partial charge in [-0.2, -0.15) is 0 Å². The van der Waals surface area contributed by atoms with Gasteiger partial charge in [-0.25, -0.2) is 0 Å². The van der Waals surface area contributed by atoms with Gasteiger partial charge < -0.3 is 10.4 Å². The number of benzene rings is 1. The molecule has 2 N–H and O–H groups in total. The van der Waals surface area contributed by atoms with Crippen LogP contribution in [0.25, 0.3) is 0 Å². The Labute approximate surface area is 85.0 Å². The fourth-order valence-electron chi connectivity index (χ4n) is 2.22. The normalized spacial score (nSPS) is 27.5. The Balaban J connectivity index is 2.15. The zero-order valence-corrected chi connectivity index (χ0v) is 8.32. The van der Waals surface area contributed by atoms with Crippen LogP contribution >= 0.6 is 0 Å². The number of piperidine rings is 1. The lowest BCUT2D eigenvalue weighted by molar-refractivity contribution is 0.176. The van der Waals surface area contributed by atoms with Gasteiger partial charge in [0, 0.05) is 19.1 Å². The highest BCUT2D eigenvalue weighted by Gasteiger charge is 2.25. The summed E-state index contributed by atoms with van der Waals surface area (Å²) in [5.41, 5.74) is 1.35. The topological polar surface area (TPSA) is 32.3 Å². The molecule has 0 bridgehead atoms. The van der Waals surface area contributed by atoms with Gasteiger partial charge >= 0.3 is 0 Å². The number of hydrogen-bond donors (Lipinski definition) is 2. The van der Waals surface area contributed by atoms with Gasteiger partial charge in [0.2, 0.25) is 0 Å². The van der Waals surface area contributed by atoms with Crippen molar-refractivity contribution in [1.29, 1.82) is 0 Å². The Morgan fingerprint density at radius 2 is 2.07 bits per heavy atom. The first-order chi connectivity index (χ1) is 6.92. The smallest absolute Gasteiger partial charge is 0.0466 e. The maximum Gasteiger partial charge on any atom is 0.0466 e. The standard InChI is InChI=1S/C12H17NO/c14-9-11-6-7-13-8-12(11)10-4-2-1-3-5-10/h1-5,11-14H,6-9H2/t11-,12+/m1/s1. The average Bonchev–Trinajstić information content (AvgIpc) is 2.30. The van der Waals surface area contributed by atoms with Crippen LogP contribution in [-0.4, -0.2) is 24.8 Å². The number of rotatable bonds is 2. The molecule has 0 aromatic heterocycles. The van der Waals surface area contributed by atoms with Gasteiger partial charge in [0.15, 0.2) is 0 Å². The first-order valence-corrected chi connectivity index (χ1v) is 5.28. The molecule has 0 radical (unpaired) electrons. The molecule has 2 heteroatoms. The van der Waals surface area contributed by atoms with Gasteiger partial charge in [-0.15, -0.1) is 0 Å². The minimum atomic E-state index is 0.307. The van der Waals surface area contributed by atoms with Crippen LogP contribution in [0, 0.1) is 5.92 Å². The summed E-state index contributed by atoms with van der Waals surface area (Å²) in [6.07, 6.45) is 1.08. The predicted octanol–water partition coefficient (Wildman–Crippen LogP) is 1.37. The van der Waals surface area contributed by atoms with Crippen molar-refractivity contribution in [2.75, 3.05) is 19.7 Å². The van der Waals surface area contributed by atoms with Crippen molar-refractivity contribution in [3.63, 3.8) is 0 Å². The molecule has 0 aliphatic carbocycles. The SMILES string of the molecule is OC[C@H]1CCNC[C@H]1c1ccccc1. The van der Waals surface area contributed by atoms with Gasteiger partial charge in [0.25, 0.3) is 0 Å². The van der Waals surface area contributed by atoms with Crippen molar-refractivity contribution in [2.45, 2.75) is 12.3 Å². The van der Waals surface area contributed by atoms with Crippen LogP contribution in [0.5, 0.6) is 0 Å². The Morgan fingerprint density at radius 3 is 2.79 bits per heavy atom. The van der Waals surface area contributed by atoms with E-state index in [1.165, 1.54) is 5.56 Å². The average molecular weight is 191 g/mol. The van der Waals surface area contributed by atoms with Crippen molar-refractivity contribution in [3.8, 4) is 0 Å². The van der Waals surface area contributed by atoms with E-state index in [2.05, 4.69) is 29.6 Å². The molecular weight excluding hydrogens is 174 g/mol. The van der Waals surface area contributed by atoms with E-state index in [0.29, 0.717) is 18.4 Å². The van der Waals surface area contributed by atoms with E-state index in [-0.39, 0.29) is 0 Å². The fraction of sp³-hybridized carbons (Fsp3) is 0.500. The van der Waals surface area contributed by atoms with Gasteiger partial charge in [-0.1, -0.05) is 30.3 Å². The molecule has 1 saturated heterocycles. The summed E-state index contributed by atoms with van der Waals surface area (Å²) < 4.78 is 0. The molecule has 0 spiro atoms. The van der Waals surface area contributed by atoms with Crippen molar-refractivity contribution >= 4 is 0 Å². The third-order valence-electron chi connectivity index (χ3n) is 3.09. The summed E-state index contributed by atoms with van der Waals surface area (Å²) in [5.74, 6) is 0.911. The summed E-state index contributed by atoms with van der Waals surface area (Å²) in [5, 5.41) is 12.7. The highest BCUT2D eigenvalue weighted by Crippen LogP contribution is 2.28. The molecule has 1 aliphatic heterocycles. The minimum absolute atomic E-state index is 0.307. The monoisotopic (exact) mass is 191 g/mol. The molecule has 1 aliphatic rings. The van der Waals surface area contributed by atoms with Crippen LogP contribution in [0.4, 0.5) is 0 Å². The quantitative estimate of drug-likeness (QED) is 0.740. The summed E-state index contributed by atoms with van der Waals surface area (Å²) in [6.45, 7) is 2.34. The van der Waals surface area contributed by atoms with Gasteiger partial charge in [0.05, 0.1) is 0 Å². The molecule has 0 amide bonds. The van der Waals surface area contributed by atoms with E-state index in [4.69, 9.17) is 0 Å². The van der Waals surface area contributed by atoms with Crippen molar-refractivity contribution < 1.29 is 5.11 Å². The molecule has 14 heavy (non-hydrogen) atoms. The number of hydrogen-bond acceptors (Lipinski definition) is 2. The number of aliphatic hydroxyl groups excluding tert-OH is 1. The highest BCUT2D eigenvalue weighted by molar-refractivity contribution is 5.21. The second kappa shape index (κ2) is 4.58. The van der Waals surface area contributed by atoms with Crippen molar-refractivity contribution in [3.05, 3.63) is 35.9 Å². The van der Waals surface area contributed by atoms with Gasteiger partial charge in [-0.3, -0.25) is 0 Å². The fourth-order valence-corrected chi connectivity index (χ4v) is 2.22. The van der Waals surface area contributed by atoms with E-state index < -0.39 is 0 Å². The second-order valence-corrected chi connectivity index (χ2v) is 3.95. The molecule has 2 nitrogen and oxygen atoms in total. The lowest BCUT2D eigenvalue weighted by Gasteiger charge is -2.31. The van der Waals surface area contributed by atoms with E-state index in [1.54, 1.807) is 0 Å². The van der Waals surface area contributed by atoms with E-state index >= 15 is 0 Å². The summed E-state index contributed by atoms with van der Waals surface area (Å²) in [7, 11) is 0. The van der Waals surface area contributed by atoms with Crippen LogP contribution in [-0.2, 0) is 0 Å². The summed E-state index contributed by atoms with van der Waals surface area (Å²) in [6, 6.07) is 10.5. The van der Waals surface area contributed by atoms with Crippen LogP contribution < -0.4 is 5.32 Å². The zero-order valence-electron chi connectivity index (χ0n) is 8.32. The van der Waals surface area contributed by atoms with Crippen LogP contribution in [0.2, 0.25) is 0 Å². The lowest BCUT2D eigenvalue weighted by Crippen LogP contribution is -2.36. The zero-order chi connectivity index (χ0) is 9.80. The Bertz CT molecular complexity index is 273. The Hall–Kier alpha value is -0.860. The third-order valence-corrected chi connectivity index (χ3v) is 3.09. The van der Waals surface area contributed by atoms with Crippen LogP contribution in [0.1, 0.15) is 17.9 Å². The second-order valence-electron chi connectivity index (χ2n) is 3.95. The molecule has 2 atom stereocenters. The largest absolute Gasteiger partial charge is 0.396 e. The molecule has 2 rings (SSSR count). The maximum absolute atomic E-state index is 9.29. The molecule has 1 heterocycles. The molecule has 0 saturated carbocycles. The molecule has 0 unspecified atom stereocenters. The third kappa shape index (κ3) is 1.97. The molecule has 1 aromatic rings. The van der Waals surface area contributed by atoms with Gasteiger partial charge in [0.1, 0.15) is 0 Å². The number of aliphatic hydroxyl groups is 1. The maximum atomic E-state index is 9.29. The molecule has 1 aromatic carbocycles. The van der Waals surface area contributed by atoms with Crippen molar-refractivity contribution in [1.82, 2.24) is 5.32 Å². The molecule has 1 fully saturated rings. The Kier molecular flexibility index (Phi) is 3.17. The van der Waals surface area contributed by atoms with Crippen LogP contribution in [0.15, 0.2) is 30.3 Å². The highest BCUT2D eigenvalue weighted by atomic mass is 16.3. The predicted molar refractivity (Wildman–Crippen MR) is 57.2 cm³/mol. The Morgan fingerprint density at radius 1 is 1.29 bits per heavy atom. The van der Waals surface area contributed by atoms with E-state index in [1.807, 2.05) is 6.07 Å².